The van der Waals surface area contributed by atoms with Gasteiger partial charge in [-0.2, -0.15) is 0 Å². The van der Waals surface area contributed by atoms with Crippen molar-refractivity contribution in [3.05, 3.63) is 29.8 Å². The first-order chi connectivity index (χ1) is 9.71. The van der Waals surface area contributed by atoms with Gasteiger partial charge < -0.3 is 19.5 Å². The second-order valence-electron chi connectivity index (χ2n) is 4.31. The fourth-order valence-electron chi connectivity index (χ4n) is 1.81. The summed E-state index contributed by atoms with van der Waals surface area (Å²) in [6.07, 6.45) is 0.559. The Bertz CT molecular complexity index is 409. The van der Waals surface area contributed by atoms with Crippen LogP contribution < -0.4 is 10.1 Å². The summed E-state index contributed by atoms with van der Waals surface area (Å²) >= 11 is 0. The largest absolute Gasteiger partial charge is 0.494 e. The summed E-state index contributed by atoms with van der Waals surface area (Å²) in [6, 6.07) is 7.38. The molecule has 20 heavy (non-hydrogen) atoms. The lowest BCUT2D eigenvalue weighted by Crippen LogP contribution is -2.36. The molecule has 1 rings (SSSR count). The molecule has 0 radical (unpaired) electrons. The molecule has 5 nitrogen and oxygen atoms in total. The number of methoxy groups -OCH3 is 1. The molecule has 1 N–H and O–H groups in total. The number of hydrogen-bond acceptors (Lipinski definition) is 5. The number of nitrogens with one attached hydrogen (secondary N) is 1. The molecule has 0 bridgehead atoms. The number of hydrogen-bond donors (Lipinski definition) is 1. The zero-order valence-corrected chi connectivity index (χ0v) is 12.3. The highest BCUT2D eigenvalue weighted by Gasteiger charge is 2.17. The van der Waals surface area contributed by atoms with E-state index in [0.29, 0.717) is 26.2 Å². The SMILES string of the molecule is CCOC(=O)C(CCOc1cccc(COC)c1)NC. The van der Waals surface area contributed by atoms with Crippen LogP contribution in [0.15, 0.2) is 24.3 Å². The highest BCUT2D eigenvalue weighted by molar-refractivity contribution is 5.75. The minimum atomic E-state index is -0.336. The van der Waals surface area contributed by atoms with E-state index >= 15 is 0 Å². The van der Waals surface area contributed by atoms with Gasteiger partial charge in [-0.05, 0) is 31.7 Å². The summed E-state index contributed by atoms with van der Waals surface area (Å²) in [7, 11) is 3.39. The smallest absolute Gasteiger partial charge is 0.323 e. The summed E-state index contributed by atoms with van der Waals surface area (Å²) in [4.78, 5) is 11.6. The van der Waals surface area contributed by atoms with Crippen LogP contribution in [-0.2, 0) is 20.9 Å². The van der Waals surface area contributed by atoms with Crippen LogP contribution in [0.2, 0.25) is 0 Å². The van der Waals surface area contributed by atoms with Crippen molar-refractivity contribution in [2.24, 2.45) is 0 Å². The van der Waals surface area contributed by atoms with E-state index in [-0.39, 0.29) is 12.0 Å². The molecule has 1 aromatic carbocycles. The molecule has 0 saturated carbocycles. The number of rotatable bonds is 9. The molecule has 0 heterocycles. The number of benzene rings is 1. The van der Waals surface area contributed by atoms with Gasteiger partial charge in [-0.25, -0.2) is 0 Å². The van der Waals surface area contributed by atoms with Crippen LogP contribution in [0.1, 0.15) is 18.9 Å². The highest BCUT2D eigenvalue weighted by Crippen LogP contribution is 2.14. The van der Waals surface area contributed by atoms with Crippen LogP contribution in [0.5, 0.6) is 5.75 Å². The summed E-state index contributed by atoms with van der Waals surface area (Å²) in [5.41, 5.74) is 1.06. The molecule has 0 aliphatic heterocycles. The third kappa shape index (κ3) is 5.59. The van der Waals surface area contributed by atoms with Crippen molar-refractivity contribution in [3.8, 4) is 5.75 Å². The van der Waals surface area contributed by atoms with Gasteiger partial charge in [0.1, 0.15) is 11.8 Å². The monoisotopic (exact) mass is 281 g/mol. The molecule has 5 heteroatoms. The van der Waals surface area contributed by atoms with E-state index in [1.54, 1.807) is 21.1 Å². The Morgan fingerprint density at radius 2 is 2.20 bits per heavy atom. The van der Waals surface area contributed by atoms with Gasteiger partial charge in [-0.3, -0.25) is 4.79 Å². The van der Waals surface area contributed by atoms with Crippen molar-refractivity contribution in [1.29, 1.82) is 0 Å². The second kappa shape index (κ2) is 9.34. The predicted molar refractivity (Wildman–Crippen MR) is 76.7 cm³/mol. The van der Waals surface area contributed by atoms with Gasteiger partial charge in [0.05, 0.1) is 19.8 Å². The fraction of sp³-hybridized carbons (Fsp3) is 0.533. The topological polar surface area (TPSA) is 56.8 Å². The van der Waals surface area contributed by atoms with E-state index in [1.165, 1.54) is 0 Å². The van der Waals surface area contributed by atoms with E-state index in [0.717, 1.165) is 11.3 Å². The molecule has 0 aliphatic carbocycles. The predicted octanol–water partition coefficient (Wildman–Crippen LogP) is 1.75. The summed E-state index contributed by atoms with van der Waals surface area (Å²) in [5.74, 6) is 0.532. The Balaban J connectivity index is 2.42. The van der Waals surface area contributed by atoms with Gasteiger partial charge in [0.2, 0.25) is 0 Å². The highest BCUT2D eigenvalue weighted by atomic mass is 16.5. The van der Waals surface area contributed by atoms with E-state index in [4.69, 9.17) is 14.2 Å². The number of esters is 1. The normalized spacial score (nSPS) is 11.9. The van der Waals surface area contributed by atoms with E-state index in [9.17, 15) is 4.79 Å². The van der Waals surface area contributed by atoms with Gasteiger partial charge in [0, 0.05) is 13.5 Å². The molecule has 0 aliphatic rings. The van der Waals surface area contributed by atoms with Crippen molar-refractivity contribution in [2.75, 3.05) is 27.4 Å². The standard InChI is InChI=1S/C15H23NO4/c1-4-19-15(17)14(16-2)8-9-20-13-7-5-6-12(10-13)11-18-3/h5-7,10,14,16H,4,8-9,11H2,1-3H3. The van der Waals surface area contributed by atoms with Crippen LogP contribution in [-0.4, -0.2) is 39.4 Å². The number of likely N-dealkylation sites (N-methyl/N-ethyl adjacent to an activating group) is 1. The lowest BCUT2D eigenvalue weighted by molar-refractivity contribution is -0.145. The zero-order valence-electron chi connectivity index (χ0n) is 12.3. The van der Waals surface area contributed by atoms with E-state index in [2.05, 4.69) is 5.32 Å². The fourth-order valence-corrected chi connectivity index (χ4v) is 1.81. The quantitative estimate of drug-likeness (QED) is 0.699. The Labute approximate surface area is 120 Å². The minimum Gasteiger partial charge on any atom is -0.494 e. The first-order valence-corrected chi connectivity index (χ1v) is 6.75. The third-order valence-corrected chi connectivity index (χ3v) is 2.80. The average molecular weight is 281 g/mol. The maximum Gasteiger partial charge on any atom is 0.323 e. The molecule has 1 unspecified atom stereocenters. The van der Waals surface area contributed by atoms with Crippen LogP contribution in [0.4, 0.5) is 0 Å². The molecular formula is C15H23NO4. The molecule has 0 spiro atoms. The van der Waals surface area contributed by atoms with Crippen molar-refractivity contribution in [1.82, 2.24) is 5.32 Å². The zero-order chi connectivity index (χ0) is 14.8. The first kappa shape index (κ1) is 16.5. The summed E-state index contributed by atoms with van der Waals surface area (Å²) in [5, 5.41) is 2.93. The van der Waals surface area contributed by atoms with Crippen molar-refractivity contribution < 1.29 is 19.0 Å². The van der Waals surface area contributed by atoms with Crippen molar-refractivity contribution >= 4 is 5.97 Å². The Kier molecular flexibility index (Phi) is 7.69. The number of carbonyl (C=O) groups excluding carboxylic acids is 1. The van der Waals surface area contributed by atoms with Crippen molar-refractivity contribution in [3.63, 3.8) is 0 Å². The van der Waals surface area contributed by atoms with E-state index < -0.39 is 0 Å². The lowest BCUT2D eigenvalue weighted by Gasteiger charge is -2.15. The second-order valence-corrected chi connectivity index (χ2v) is 4.31. The van der Waals surface area contributed by atoms with E-state index in [1.807, 2.05) is 24.3 Å². The van der Waals surface area contributed by atoms with Gasteiger partial charge in [-0.1, -0.05) is 12.1 Å². The molecule has 0 aromatic heterocycles. The molecule has 1 aromatic rings. The molecule has 1 atom stereocenters. The minimum absolute atomic E-state index is 0.244. The molecule has 112 valence electrons. The third-order valence-electron chi connectivity index (χ3n) is 2.80. The molecule has 0 saturated heterocycles. The maximum absolute atomic E-state index is 11.6. The van der Waals surface area contributed by atoms with Crippen LogP contribution in [0.3, 0.4) is 0 Å². The summed E-state index contributed by atoms with van der Waals surface area (Å²) in [6.45, 7) is 3.18. The van der Waals surface area contributed by atoms with Crippen LogP contribution >= 0.6 is 0 Å². The van der Waals surface area contributed by atoms with Gasteiger partial charge in [0.15, 0.2) is 0 Å². The number of carbonyl (C=O) groups is 1. The van der Waals surface area contributed by atoms with Gasteiger partial charge >= 0.3 is 5.97 Å². The van der Waals surface area contributed by atoms with Gasteiger partial charge in [0.25, 0.3) is 0 Å². The maximum atomic E-state index is 11.6. The molecule has 0 amide bonds. The molecule has 0 fully saturated rings. The average Bonchev–Trinajstić information content (AvgIpc) is 2.44. The van der Waals surface area contributed by atoms with Crippen LogP contribution in [0.25, 0.3) is 0 Å². The first-order valence-electron chi connectivity index (χ1n) is 6.75. The Hall–Kier alpha value is -1.59. The Morgan fingerprint density at radius 1 is 1.40 bits per heavy atom. The summed E-state index contributed by atoms with van der Waals surface area (Å²) < 4.78 is 15.7. The van der Waals surface area contributed by atoms with Crippen molar-refractivity contribution in [2.45, 2.75) is 26.0 Å². The Morgan fingerprint density at radius 3 is 2.85 bits per heavy atom. The van der Waals surface area contributed by atoms with Gasteiger partial charge in [-0.15, -0.1) is 0 Å². The molecular weight excluding hydrogens is 258 g/mol. The number of ether oxygens (including phenoxy) is 3. The van der Waals surface area contributed by atoms with Crippen LogP contribution in [0, 0.1) is 0 Å². The lowest BCUT2D eigenvalue weighted by atomic mass is 10.2.